The van der Waals surface area contributed by atoms with E-state index >= 15 is 0 Å². The van der Waals surface area contributed by atoms with Crippen molar-refractivity contribution >= 4 is 11.4 Å². The number of hydrogen-bond donors (Lipinski definition) is 3. The van der Waals surface area contributed by atoms with E-state index in [2.05, 4.69) is 0 Å². The fraction of sp³-hybridized carbons (Fsp3) is 0.143. The van der Waals surface area contributed by atoms with E-state index in [-0.39, 0.29) is 5.76 Å². The van der Waals surface area contributed by atoms with Crippen LogP contribution in [0, 0.1) is 10.8 Å². The summed E-state index contributed by atoms with van der Waals surface area (Å²) in [5.74, 6) is 0.135. The third-order valence-corrected chi connectivity index (χ3v) is 2.57. The molecule has 3 heteroatoms. The van der Waals surface area contributed by atoms with Gasteiger partial charge in [-0.25, -0.2) is 0 Å². The second-order valence-electron chi connectivity index (χ2n) is 4.09. The SMILES string of the molecule is N=C1C=CC(C=CC2=CC(O)=CC(=N)C2)=CC1. The van der Waals surface area contributed by atoms with Gasteiger partial charge in [-0.15, -0.1) is 0 Å². The summed E-state index contributed by atoms with van der Waals surface area (Å²) in [6.45, 7) is 0. The molecule has 0 saturated heterocycles. The van der Waals surface area contributed by atoms with Gasteiger partial charge in [-0.1, -0.05) is 24.3 Å². The molecule has 0 unspecified atom stereocenters. The molecular weight excluding hydrogens is 212 g/mol. The van der Waals surface area contributed by atoms with Crippen molar-refractivity contribution in [2.24, 2.45) is 0 Å². The van der Waals surface area contributed by atoms with Crippen LogP contribution >= 0.6 is 0 Å². The standard InChI is InChI=1S/C14H14N2O/c15-12-5-3-10(4-6-12)1-2-11-7-13(16)9-14(17)8-11/h1-5,8-9,15-17H,6-7H2. The number of rotatable bonds is 2. The van der Waals surface area contributed by atoms with Gasteiger partial charge in [0.25, 0.3) is 0 Å². The zero-order valence-corrected chi connectivity index (χ0v) is 9.40. The molecule has 0 bridgehead atoms. The van der Waals surface area contributed by atoms with Gasteiger partial charge >= 0.3 is 0 Å². The van der Waals surface area contributed by atoms with E-state index in [1.165, 1.54) is 6.08 Å². The highest BCUT2D eigenvalue weighted by molar-refractivity contribution is 5.96. The van der Waals surface area contributed by atoms with Crippen molar-refractivity contribution in [3.05, 3.63) is 59.4 Å². The third kappa shape index (κ3) is 3.14. The van der Waals surface area contributed by atoms with Crippen molar-refractivity contribution in [1.29, 1.82) is 10.8 Å². The normalized spacial score (nSPS) is 20.4. The van der Waals surface area contributed by atoms with Gasteiger partial charge in [0.2, 0.25) is 0 Å². The lowest BCUT2D eigenvalue weighted by atomic mass is 9.99. The minimum Gasteiger partial charge on any atom is -0.508 e. The van der Waals surface area contributed by atoms with E-state index in [1.54, 1.807) is 12.2 Å². The Labute approximate surface area is 100 Å². The van der Waals surface area contributed by atoms with Gasteiger partial charge in [0.15, 0.2) is 0 Å². The topological polar surface area (TPSA) is 67.9 Å². The molecular formula is C14H14N2O. The quantitative estimate of drug-likeness (QED) is 0.664. The van der Waals surface area contributed by atoms with E-state index in [4.69, 9.17) is 10.8 Å². The number of aliphatic hydroxyl groups excluding tert-OH is 1. The summed E-state index contributed by atoms with van der Waals surface area (Å²) in [5.41, 5.74) is 3.01. The van der Waals surface area contributed by atoms with Crippen LogP contribution in [-0.2, 0) is 0 Å². The van der Waals surface area contributed by atoms with Gasteiger partial charge in [0, 0.05) is 30.3 Å². The number of allylic oxidation sites excluding steroid dienone is 9. The Balaban J connectivity index is 2.07. The van der Waals surface area contributed by atoms with Crippen LogP contribution in [0.4, 0.5) is 0 Å². The second-order valence-corrected chi connectivity index (χ2v) is 4.09. The van der Waals surface area contributed by atoms with E-state index in [9.17, 15) is 5.11 Å². The molecule has 0 amide bonds. The summed E-state index contributed by atoms with van der Waals surface area (Å²) in [5, 5.41) is 24.3. The van der Waals surface area contributed by atoms with E-state index in [0.29, 0.717) is 24.3 Å². The Kier molecular flexibility index (Phi) is 3.19. The minimum atomic E-state index is 0.135. The van der Waals surface area contributed by atoms with Crippen molar-refractivity contribution in [3.63, 3.8) is 0 Å². The predicted octanol–water partition coefficient (Wildman–Crippen LogP) is 3.24. The van der Waals surface area contributed by atoms with Crippen molar-refractivity contribution in [3.8, 4) is 0 Å². The van der Waals surface area contributed by atoms with Crippen LogP contribution in [0.3, 0.4) is 0 Å². The van der Waals surface area contributed by atoms with E-state index in [1.807, 2.05) is 24.3 Å². The first kappa shape index (κ1) is 11.3. The second kappa shape index (κ2) is 4.78. The molecule has 0 saturated carbocycles. The van der Waals surface area contributed by atoms with Crippen LogP contribution in [0.5, 0.6) is 0 Å². The Morgan fingerprint density at radius 3 is 2.53 bits per heavy atom. The monoisotopic (exact) mass is 226 g/mol. The molecule has 3 N–H and O–H groups in total. The maximum absolute atomic E-state index is 9.37. The molecule has 0 aromatic carbocycles. The zero-order chi connectivity index (χ0) is 12.3. The van der Waals surface area contributed by atoms with Gasteiger partial charge in [-0.05, 0) is 23.3 Å². The first-order valence-corrected chi connectivity index (χ1v) is 5.46. The molecule has 0 fully saturated rings. The average molecular weight is 226 g/mol. The molecule has 17 heavy (non-hydrogen) atoms. The lowest BCUT2D eigenvalue weighted by Crippen LogP contribution is -2.01. The maximum atomic E-state index is 9.37. The molecule has 0 spiro atoms. The van der Waals surface area contributed by atoms with Crippen molar-refractivity contribution in [2.45, 2.75) is 12.8 Å². The predicted molar refractivity (Wildman–Crippen MR) is 69.8 cm³/mol. The van der Waals surface area contributed by atoms with Crippen LogP contribution in [0.25, 0.3) is 0 Å². The number of aliphatic hydroxyl groups is 1. The molecule has 0 aromatic rings. The fourth-order valence-corrected chi connectivity index (χ4v) is 1.73. The van der Waals surface area contributed by atoms with Crippen molar-refractivity contribution < 1.29 is 5.11 Å². The highest BCUT2D eigenvalue weighted by Gasteiger charge is 2.06. The number of nitrogens with one attached hydrogen (secondary N) is 2. The highest BCUT2D eigenvalue weighted by Crippen LogP contribution is 2.16. The fourth-order valence-electron chi connectivity index (χ4n) is 1.73. The lowest BCUT2D eigenvalue weighted by molar-refractivity contribution is 0.431. The summed E-state index contributed by atoms with van der Waals surface area (Å²) in [6.07, 6.45) is 13.9. The average Bonchev–Trinajstić information content (AvgIpc) is 2.27. The molecule has 2 rings (SSSR count). The van der Waals surface area contributed by atoms with Crippen LogP contribution in [0.1, 0.15) is 12.8 Å². The molecule has 0 aromatic heterocycles. The third-order valence-electron chi connectivity index (χ3n) is 2.57. The van der Waals surface area contributed by atoms with Gasteiger partial charge in [-0.2, -0.15) is 0 Å². The number of hydrogen-bond acceptors (Lipinski definition) is 3. The van der Waals surface area contributed by atoms with E-state index in [0.717, 1.165) is 11.1 Å². The van der Waals surface area contributed by atoms with Gasteiger partial charge in [0.05, 0.1) is 0 Å². The van der Waals surface area contributed by atoms with Gasteiger partial charge < -0.3 is 15.9 Å². The molecule has 0 heterocycles. The van der Waals surface area contributed by atoms with E-state index < -0.39 is 0 Å². The maximum Gasteiger partial charge on any atom is 0.117 e. The zero-order valence-electron chi connectivity index (χ0n) is 9.40. The first-order chi connectivity index (χ1) is 8.13. The Morgan fingerprint density at radius 1 is 1.06 bits per heavy atom. The molecule has 0 radical (unpaired) electrons. The Hall–Kier alpha value is -2.16. The highest BCUT2D eigenvalue weighted by atomic mass is 16.3. The molecule has 0 atom stereocenters. The lowest BCUT2D eigenvalue weighted by Gasteiger charge is -2.08. The summed E-state index contributed by atoms with van der Waals surface area (Å²) < 4.78 is 0. The van der Waals surface area contributed by atoms with Crippen LogP contribution in [-0.4, -0.2) is 16.5 Å². The van der Waals surface area contributed by atoms with Crippen molar-refractivity contribution in [1.82, 2.24) is 0 Å². The Morgan fingerprint density at radius 2 is 1.88 bits per heavy atom. The van der Waals surface area contributed by atoms with Crippen molar-refractivity contribution in [2.75, 3.05) is 0 Å². The summed E-state index contributed by atoms with van der Waals surface area (Å²) in [7, 11) is 0. The largest absolute Gasteiger partial charge is 0.508 e. The molecule has 0 aliphatic heterocycles. The smallest absolute Gasteiger partial charge is 0.117 e. The molecule has 2 aliphatic rings. The van der Waals surface area contributed by atoms with Crippen LogP contribution in [0.2, 0.25) is 0 Å². The molecule has 86 valence electrons. The van der Waals surface area contributed by atoms with Gasteiger partial charge in [-0.3, -0.25) is 0 Å². The Bertz CT molecular complexity index is 516. The molecule has 2 aliphatic carbocycles. The van der Waals surface area contributed by atoms with Gasteiger partial charge in [0.1, 0.15) is 5.76 Å². The summed E-state index contributed by atoms with van der Waals surface area (Å²) in [4.78, 5) is 0. The van der Waals surface area contributed by atoms with Crippen LogP contribution in [0.15, 0.2) is 59.4 Å². The molecule has 3 nitrogen and oxygen atoms in total. The summed E-state index contributed by atoms with van der Waals surface area (Å²) >= 11 is 0. The first-order valence-electron chi connectivity index (χ1n) is 5.46. The van der Waals surface area contributed by atoms with Crippen LogP contribution < -0.4 is 0 Å². The minimum absolute atomic E-state index is 0.135. The summed E-state index contributed by atoms with van der Waals surface area (Å²) in [6, 6.07) is 0.